The lowest BCUT2D eigenvalue weighted by Crippen LogP contribution is -2.45. The standard InChI is InChI=1S/C26H25N5O2/c1-25(15-23(33)31-20-11-7-4-8-12-20)14-18(21(16-27)24(29)26(25,2)17-28)13-22(32)30-19-9-5-3-6-10-19/h3-12,14H,13,15,29H2,1-2H3,(H,30,32)(H,31,33)/t25-,26-/m1/s1. The summed E-state index contributed by atoms with van der Waals surface area (Å²) in [5.74, 6) is -0.632. The molecule has 2 aromatic carbocycles. The van der Waals surface area contributed by atoms with Gasteiger partial charge in [-0.3, -0.25) is 9.59 Å². The Hall–Kier alpha value is -4.36. The average Bonchev–Trinajstić information content (AvgIpc) is 2.79. The Bertz CT molecular complexity index is 1200. The van der Waals surface area contributed by atoms with Crippen LogP contribution in [0.5, 0.6) is 0 Å². The van der Waals surface area contributed by atoms with Crippen molar-refractivity contribution in [2.75, 3.05) is 10.6 Å². The van der Waals surface area contributed by atoms with Crippen LogP contribution in [-0.4, -0.2) is 11.8 Å². The number of carbonyl (C=O) groups is 2. The highest BCUT2D eigenvalue weighted by atomic mass is 16.2. The lowest BCUT2D eigenvalue weighted by atomic mass is 9.58. The number of allylic oxidation sites excluding steroid dienone is 3. The third-order valence-electron chi connectivity index (χ3n) is 6.09. The summed E-state index contributed by atoms with van der Waals surface area (Å²) in [7, 11) is 0. The van der Waals surface area contributed by atoms with E-state index in [2.05, 4.69) is 16.7 Å². The van der Waals surface area contributed by atoms with E-state index in [0.717, 1.165) is 0 Å². The first-order valence-electron chi connectivity index (χ1n) is 10.5. The number of nitrogens with two attached hydrogens (primary N) is 1. The molecule has 7 nitrogen and oxygen atoms in total. The molecule has 33 heavy (non-hydrogen) atoms. The highest BCUT2D eigenvalue weighted by Crippen LogP contribution is 2.52. The van der Waals surface area contributed by atoms with Gasteiger partial charge < -0.3 is 16.4 Å². The molecule has 0 radical (unpaired) electrons. The van der Waals surface area contributed by atoms with Crippen LogP contribution in [0.25, 0.3) is 0 Å². The molecule has 0 fully saturated rings. The fourth-order valence-electron chi connectivity index (χ4n) is 3.98. The molecule has 0 bridgehead atoms. The minimum atomic E-state index is -1.31. The van der Waals surface area contributed by atoms with Crippen LogP contribution in [-0.2, 0) is 9.59 Å². The van der Waals surface area contributed by atoms with Gasteiger partial charge in [0.15, 0.2) is 0 Å². The topological polar surface area (TPSA) is 132 Å². The van der Waals surface area contributed by atoms with Crippen molar-refractivity contribution in [1.82, 2.24) is 0 Å². The Morgan fingerprint density at radius 1 is 0.909 bits per heavy atom. The number of nitriles is 2. The predicted molar refractivity (Wildman–Crippen MR) is 126 cm³/mol. The fraction of sp³-hybridized carbons (Fsp3) is 0.231. The number of nitrogens with one attached hydrogen (secondary N) is 2. The number of carbonyl (C=O) groups excluding carboxylic acids is 2. The van der Waals surface area contributed by atoms with Crippen molar-refractivity contribution in [3.8, 4) is 12.1 Å². The maximum absolute atomic E-state index is 12.9. The predicted octanol–water partition coefficient (Wildman–Crippen LogP) is 4.26. The van der Waals surface area contributed by atoms with Crippen molar-refractivity contribution in [3.63, 3.8) is 0 Å². The van der Waals surface area contributed by atoms with Gasteiger partial charge in [-0.15, -0.1) is 0 Å². The van der Waals surface area contributed by atoms with Crippen molar-refractivity contribution in [2.24, 2.45) is 16.6 Å². The molecule has 4 N–H and O–H groups in total. The van der Waals surface area contributed by atoms with E-state index in [1.807, 2.05) is 18.2 Å². The van der Waals surface area contributed by atoms with E-state index < -0.39 is 10.8 Å². The van der Waals surface area contributed by atoms with Gasteiger partial charge in [-0.1, -0.05) is 49.4 Å². The molecule has 2 amide bonds. The maximum Gasteiger partial charge on any atom is 0.228 e. The molecule has 0 aliphatic heterocycles. The van der Waals surface area contributed by atoms with Crippen molar-refractivity contribution in [3.05, 3.63) is 83.6 Å². The quantitative estimate of drug-likeness (QED) is 0.619. The number of hydrogen-bond donors (Lipinski definition) is 3. The Balaban J connectivity index is 1.91. The van der Waals surface area contributed by atoms with E-state index in [0.29, 0.717) is 16.9 Å². The molecular weight excluding hydrogens is 414 g/mol. The van der Waals surface area contributed by atoms with Crippen LogP contribution in [0.4, 0.5) is 11.4 Å². The number of hydrogen-bond acceptors (Lipinski definition) is 5. The lowest BCUT2D eigenvalue weighted by molar-refractivity contribution is -0.118. The van der Waals surface area contributed by atoms with Gasteiger partial charge in [0.25, 0.3) is 0 Å². The van der Waals surface area contributed by atoms with E-state index in [1.54, 1.807) is 68.5 Å². The molecule has 0 saturated heterocycles. The van der Waals surface area contributed by atoms with Crippen LogP contribution >= 0.6 is 0 Å². The third kappa shape index (κ3) is 4.78. The summed E-state index contributed by atoms with van der Waals surface area (Å²) >= 11 is 0. The molecular formula is C26H25N5O2. The zero-order chi connectivity index (χ0) is 24.1. The first kappa shape index (κ1) is 23.3. The average molecular weight is 440 g/mol. The van der Waals surface area contributed by atoms with Gasteiger partial charge in [-0.2, -0.15) is 10.5 Å². The van der Waals surface area contributed by atoms with E-state index in [-0.39, 0.29) is 35.9 Å². The molecule has 0 spiro atoms. The molecule has 3 rings (SSSR count). The number of para-hydroxylation sites is 2. The molecule has 0 aromatic heterocycles. The minimum absolute atomic E-state index is 0.0604. The molecule has 1 aliphatic rings. The second kappa shape index (κ2) is 9.42. The highest BCUT2D eigenvalue weighted by Gasteiger charge is 2.51. The fourth-order valence-corrected chi connectivity index (χ4v) is 3.98. The normalized spacial score (nSPS) is 21.9. The molecule has 0 saturated carbocycles. The van der Waals surface area contributed by atoms with Gasteiger partial charge >= 0.3 is 0 Å². The van der Waals surface area contributed by atoms with E-state index in [4.69, 9.17) is 5.73 Å². The van der Waals surface area contributed by atoms with Crippen LogP contribution in [0.15, 0.2) is 83.6 Å². The van der Waals surface area contributed by atoms with Gasteiger partial charge in [-0.05, 0) is 36.8 Å². The summed E-state index contributed by atoms with van der Waals surface area (Å²) in [6, 6.07) is 22.2. The molecule has 0 heterocycles. The van der Waals surface area contributed by atoms with Gasteiger partial charge in [0.05, 0.1) is 18.1 Å². The summed E-state index contributed by atoms with van der Waals surface area (Å²) in [4.78, 5) is 25.6. The third-order valence-corrected chi connectivity index (χ3v) is 6.09. The number of rotatable bonds is 6. The van der Waals surface area contributed by atoms with Gasteiger partial charge in [0.1, 0.15) is 11.5 Å². The molecule has 1 aliphatic carbocycles. The maximum atomic E-state index is 12.9. The summed E-state index contributed by atoms with van der Waals surface area (Å²) in [5.41, 5.74) is 5.79. The Kier molecular flexibility index (Phi) is 6.65. The first-order chi connectivity index (χ1) is 15.7. The summed E-state index contributed by atoms with van der Waals surface area (Å²) in [6.45, 7) is 3.36. The molecule has 0 unspecified atom stereocenters. The second-order valence-electron chi connectivity index (χ2n) is 8.41. The van der Waals surface area contributed by atoms with Crippen molar-refractivity contribution >= 4 is 23.2 Å². The second-order valence-corrected chi connectivity index (χ2v) is 8.41. The monoisotopic (exact) mass is 439 g/mol. The SMILES string of the molecule is C[C@]1(CC(=O)Nc2ccccc2)C=C(CC(=O)Nc2ccccc2)C(C#N)=C(N)[C@@]1(C)C#N. The lowest BCUT2D eigenvalue weighted by Gasteiger charge is -2.43. The zero-order valence-electron chi connectivity index (χ0n) is 18.6. The summed E-state index contributed by atoms with van der Waals surface area (Å²) in [6.07, 6.45) is 1.51. The van der Waals surface area contributed by atoms with E-state index in [9.17, 15) is 20.1 Å². The Morgan fingerprint density at radius 2 is 1.42 bits per heavy atom. The number of nitrogens with zero attached hydrogens (tertiary/aromatic N) is 2. The Morgan fingerprint density at radius 3 is 1.91 bits per heavy atom. The van der Waals surface area contributed by atoms with E-state index in [1.165, 1.54) is 0 Å². The molecule has 166 valence electrons. The van der Waals surface area contributed by atoms with Gasteiger partial charge in [0.2, 0.25) is 11.8 Å². The molecule has 2 atom stereocenters. The van der Waals surface area contributed by atoms with Crippen LogP contribution < -0.4 is 16.4 Å². The summed E-state index contributed by atoms with van der Waals surface area (Å²) in [5, 5.41) is 25.4. The largest absolute Gasteiger partial charge is 0.400 e. The zero-order valence-corrected chi connectivity index (χ0v) is 18.6. The molecule has 7 heteroatoms. The minimum Gasteiger partial charge on any atom is -0.400 e. The number of benzene rings is 2. The van der Waals surface area contributed by atoms with Crippen LogP contribution in [0.1, 0.15) is 26.7 Å². The van der Waals surface area contributed by atoms with Crippen LogP contribution in [0, 0.1) is 33.5 Å². The number of anilines is 2. The van der Waals surface area contributed by atoms with Gasteiger partial charge in [-0.25, -0.2) is 0 Å². The highest BCUT2D eigenvalue weighted by molar-refractivity contribution is 5.94. The van der Waals surface area contributed by atoms with Crippen LogP contribution in [0.3, 0.4) is 0 Å². The van der Waals surface area contributed by atoms with Gasteiger partial charge in [0, 0.05) is 28.9 Å². The van der Waals surface area contributed by atoms with Crippen LogP contribution in [0.2, 0.25) is 0 Å². The van der Waals surface area contributed by atoms with E-state index >= 15 is 0 Å². The Labute approximate surface area is 193 Å². The van der Waals surface area contributed by atoms with Crippen molar-refractivity contribution in [1.29, 1.82) is 10.5 Å². The number of amides is 2. The van der Waals surface area contributed by atoms with Crippen molar-refractivity contribution in [2.45, 2.75) is 26.7 Å². The summed E-state index contributed by atoms with van der Waals surface area (Å²) < 4.78 is 0. The molecule has 2 aromatic rings. The first-order valence-corrected chi connectivity index (χ1v) is 10.5. The van der Waals surface area contributed by atoms with Crippen molar-refractivity contribution < 1.29 is 9.59 Å². The smallest absolute Gasteiger partial charge is 0.228 e.